The number of carbonyl (C=O) groups is 1. The van der Waals surface area contributed by atoms with Crippen molar-refractivity contribution in [1.82, 2.24) is 0 Å². The van der Waals surface area contributed by atoms with Crippen molar-refractivity contribution in [2.24, 2.45) is 0 Å². The van der Waals surface area contributed by atoms with Gasteiger partial charge in [-0.15, -0.1) is 0 Å². The van der Waals surface area contributed by atoms with E-state index in [1.807, 2.05) is 39.0 Å². The molecule has 1 heterocycles. The van der Waals surface area contributed by atoms with Crippen molar-refractivity contribution in [2.75, 3.05) is 35.0 Å². The number of Topliss-reactive ketones (excluding diaryl/α,β-unsaturated/α-hetero) is 1. The maximum atomic E-state index is 10.0. The molecule has 0 saturated carbocycles. The molecule has 1 aliphatic rings. The molecule has 6 heteroatoms. The van der Waals surface area contributed by atoms with Crippen molar-refractivity contribution < 1.29 is 28.5 Å². The van der Waals surface area contributed by atoms with Gasteiger partial charge in [-0.25, -0.2) is 0 Å². The lowest BCUT2D eigenvalue weighted by atomic mass is 9.91. The Bertz CT molecular complexity index is 536. The monoisotopic (exact) mass is 426 g/mol. The molecule has 1 aromatic carbocycles. The summed E-state index contributed by atoms with van der Waals surface area (Å²) in [7, 11) is 6.68. The molecule has 0 spiro atoms. The quantitative estimate of drug-likeness (QED) is 0.593. The van der Waals surface area contributed by atoms with E-state index in [1.165, 1.54) is 5.56 Å². The van der Waals surface area contributed by atoms with Crippen molar-refractivity contribution in [3.63, 3.8) is 0 Å². The van der Waals surface area contributed by atoms with Gasteiger partial charge in [-0.05, 0) is 18.9 Å². The summed E-state index contributed by atoms with van der Waals surface area (Å²) >= 11 is 0. The molecule has 6 nitrogen and oxygen atoms in total. The van der Waals surface area contributed by atoms with Crippen LogP contribution in [0.5, 0.6) is 0 Å². The largest absolute Gasteiger partial charge is 0.382 e. The highest BCUT2D eigenvalue weighted by atomic mass is 16.6. The van der Waals surface area contributed by atoms with Crippen LogP contribution in [0.25, 0.3) is 0 Å². The van der Waals surface area contributed by atoms with Crippen LogP contribution < -0.4 is 0 Å². The third-order valence-corrected chi connectivity index (χ3v) is 4.76. The van der Waals surface area contributed by atoms with Crippen LogP contribution in [0.4, 0.5) is 0 Å². The van der Waals surface area contributed by atoms with Crippen molar-refractivity contribution in [3.05, 3.63) is 35.9 Å². The third kappa shape index (κ3) is 9.67. The molecule has 5 atom stereocenters. The van der Waals surface area contributed by atoms with Gasteiger partial charge in [0.1, 0.15) is 30.2 Å². The van der Waals surface area contributed by atoms with Crippen LogP contribution in [0, 0.1) is 0 Å². The fourth-order valence-corrected chi connectivity index (χ4v) is 3.49. The van der Waals surface area contributed by atoms with Crippen molar-refractivity contribution in [3.8, 4) is 0 Å². The second kappa shape index (κ2) is 17.4. The van der Waals surface area contributed by atoms with Crippen LogP contribution in [0.2, 0.25) is 0 Å². The summed E-state index contributed by atoms with van der Waals surface area (Å²) in [6.07, 6.45) is 1.58. The predicted molar refractivity (Wildman–Crippen MR) is 120 cm³/mol. The average Bonchev–Trinajstić information content (AvgIpc) is 2.76. The number of methoxy groups -OCH3 is 4. The Morgan fingerprint density at radius 1 is 0.900 bits per heavy atom. The Hall–Kier alpha value is -1.31. The highest BCUT2D eigenvalue weighted by molar-refractivity contribution is 5.75. The van der Waals surface area contributed by atoms with Gasteiger partial charge in [-0.3, -0.25) is 0 Å². The molecule has 0 amide bonds. The molecule has 1 saturated heterocycles. The van der Waals surface area contributed by atoms with Gasteiger partial charge >= 0.3 is 0 Å². The molecule has 1 fully saturated rings. The summed E-state index contributed by atoms with van der Waals surface area (Å²) in [5, 5.41) is 0. The average molecular weight is 427 g/mol. The molecule has 1 aromatic rings. The zero-order valence-corrected chi connectivity index (χ0v) is 20.1. The standard InChI is InChI=1S/C17H26O5.C5H10O.C2H6/c1-18-11-14-16(20-3)17(21-4)15(19-2)13(22-14)10-12-8-6-5-7-9-12;1-3-4-5(2)6;1-2/h5-9,13-17H,10-11H2,1-4H3;3-4H2,1-2H3;1-2H3. The number of benzene rings is 1. The Labute approximate surface area is 183 Å². The molecule has 1 aliphatic heterocycles. The first kappa shape index (κ1) is 28.7. The first-order chi connectivity index (χ1) is 14.5. The Balaban J connectivity index is 0.000000905. The van der Waals surface area contributed by atoms with Gasteiger partial charge < -0.3 is 28.5 Å². The zero-order chi connectivity index (χ0) is 22.9. The molecule has 0 radical (unpaired) electrons. The van der Waals surface area contributed by atoms with Crippen LogP contribution in [0.3, 0.4) is 0 Å². The van der Waals surface area contributed by atoms with Gasteiger partial charge in [0.25, 0.3) is 0 Å². The summed E-state index contributed by atoms with van der Waals surface area (Å²) in [5.74, 6) is 0.289. The van der Waals surface area contributed by atoms with E-state index in [-0.39, 0.29) is 36.3 Å². The van der Waals surface area contributed by atoms with Gasteiger partial charge in [0.15, 0.2) is 0 Å². The second-order valence-corrected chi connectivity index (χ2v) is 6.91. The van der Waals surface area contributed by atoms with Gasteiger partial charge in [-0.2, -0.15) is 0 Å². The minimum atomic E-state index is -0.220. The molecule has 0 aromatic heterocycles. The predicted octanol–water partition coefficient (Wildman–Crippen LogP) is 4.09. The molecule has 2 rings (SSSR count). The van der Waals surface area contributed by atoms with Gasteiger partial charge in [0.2, 0.25) is 0 Å². The van der Waals surface area contributed by atoms with E-state index in [1.54, 1.807) is 35.4 Å². The highest BCUT2D eigenvalue weighted by Gasteiger charge is 2.46. The van der Waals surface area contributed by atoms with Crippen molar-refractivity contribution >= 4 is 5.78 Å². The minimum Gasteiger partial charge on any atom is -0.382 e. The maximum absolute atomic E-state index is 10.0. The third-order valence-electron chi connectivity index (χ3n) is 4.76. The molecule has 0 N–H and O–H groups in total. The van der Waals surface area contributed by atoms with E-state index < -0.39 is 0 Å². The second-order valence-electron chi connectivity index (χ2n) is 6.91. The molecular formula is C24H42O6. The van der Waals surface area contributed by atoms with E-state index in [2.05, 4.69) is 12.1 Å². The van der Waals surface area contributed by atoms with Crippen LogP contribution in [0.15, 0.2) is 30.3 Å². The fraction of sp³-hybridized carbons (Fsp3) is 0.708. The van der Waals surface area contributed by atoms with E-state index in [0.717, 1.165) is 19.3 Å². The first-order valence-electron chi connectivity index (χ1n) is 10.8. The highest BCUT2D eigenvalue weighted by Crippen LogP contribution is 2.29. The summed E-state index contributed by atoms with van der Waals surface area (Å²) in [6.45, 7) is 8.07. The zero-order valence-electron chi connectivity index (χ0n) is 20.1. The van der Waals surface area contributed by atoms with Crippen LogP contribution in [0.1, 0.15) is 46.1 Å². The van der Waals surface area contributed by atoms with Gasteiger partial charge in [0.05, 0.1) is 12.7 Å². The Morgan fingerprint density at radius 2 is 1.43 bits per heavy atom. The van der Waals surface area contributed by atoms with E-state index in [9.17, 15) is 4.79 Å². The van der Waals surface area contributed by atoms with Crippen molar-refractivity contribution in [2.45, 2.75) is 77.5 Å². The SMILES string of the molecule is CC.CCCC(C)=O.COCC1OC(Cc2ccccc2)C(OC)C(OC)C1OC. The van der Waals surface area contributed by atoms with Crippen LogP contribution >= 0.6 is 0 Å². The Morgan fingerprint density at radius 3 is 1.83 bits per heavy atom. The normalized spacial score (nSPS) is 25.4. The fourth-order valence-electron chi connectivity index (χ4n) is 3.49. The topological polar surface area (TPSA) is 63.2 Å². The molecule has 5 unspecified atom stereocenters. The van der Waals surface area contributed by atoms with E-state index in [0.29, 0.717) is 6.61 Å². The molecule has 0 bridgehead atoms. The summed E-state index contributed by atoms with van der Waals surface area (Å²) in [4.78, 5) is 10.0. The molecule has 0 aliphatic carbocycles. The van der Waals surface area contributed by atoms with Crippen molar-refractivity contribution in [1.29, 1.82) is 0 Å². The summed E-state index contributed by atoms with van der Waals surface area (Å²) in [6, 6.07) is 10.2. The summed E-state index contributed by atoms with van der Waals surface area (Å²) < 4.78 is 28.4. The number of ketones is 1. The van der Waals surface area contributed by atoms with Gasteiger partial charge in [0, 0.05) is 41.3 Å². The molecule has 30 heavy (non-hydrogen) atoms. The van der Waals surface area contributed by atoms with Gasteiger partial charge in [-0.1, -0.05) is 51.1 Å². The molecular weight excluding hydrogens is 384 g/mol. The van der Waals surface area contributed by atoms with E-state index in [4.69, 9.17) is 23.7 Å². The lowest BCUT2D eigenvalue weighted by molar-refractivity contribution is -0.249. The number of hydrogen-bond acceptors (Lipinski definition) is 6. The lowest BCUT2D eigenvalue weighted by Gasteiger charge is -2.45. The Kier molecular flexibility index (Phi) is 16.6. The van der Waals surface area contributed by atoms with Crippen LogP contribution in [-0.2, 0) is 34.9 Å². The first-order valence-corrected chi connectivity index (χ1v) is 10.8. The minimum absolute atomic E-state index is 0.108. The van der Waals surface area contributed by atoms with Crippen LogP contribution in [-0.4, -0.2) is 71.3 Å². The smallest absolute Gasteiger partial charge is 0.129 e. The lowest BCUT2D eigenvalue weighted by Crippen LogP contribution is -2.61. The number of hydrogen-bond donors (Lipinski definition) is 0. The van der Waals surface area contributed by atoms with E-state index >= 15 is 0 Å². The molecule has 174 valence electrons. The number of carbonyl (C=O) groups excluding carboxylic acids is 1. The summed E-state index contributed by atoms with van der Waals surface area (Å²) in [5.41, 5.74) is 1.21. The number of rotatable bonds is 9. The number of ether oxygens (including phenoxy) is 5. The maximum Gasteiger partial charge on any atom is 0.129 e.